The molecular formula is C27H23N5O. The Bertz CT molecular complexity index is 1520. The molecule has 5 rings (SSSR count). The summed E-state index contributed by atoms with van der Waals surface area (Å²) in [4.78, 5) is 22.8. The molecule has 0 aliphatic heterocycles. The van der Waals surface area contributed by atoms with E-state index in [0.717, 1.165) is 27.9 Å². The number of aromatic nitrogens is 4. The average molecular weight is 434 g/mol. The van der Waals surface area contributed by atoms with Gasteiger partial charge in [0.25, 0.3) is 5.91 Å². The quantitative estimate of drug-likeness (QED) is 0.418. The molecule has 0 aliphatic rings. The van der Waals surface area contributed by atoms with Gasteiger partial charge in [-0.15, -0.1) is 0 Å². The molecule has 6 nitrogen and oxygen atoms in total. The second-order valence-corrected chi connectivity index (χ2v) is 7.92. The van der Waals surface area contributed by atoms with Crippen LogP contribution in [0.25, 0.3) is 22.3 Å². The Balaban J connectivity index is 1.65. The van der Waals surface area contributed by atoms with Crippen LogP contribution in [0.15, 0.2) is 96.1 Å². The molecule has 0 atom stereocenters. The number of hydrogen-bond acceptors (Lipinski definition) is 3. The van der Waals surface area contributed by atoms with Crippen molar-refractivity contribution < 1.29 is 4.79 Å². The summed E-state index contributed by atoms with van der Waals surface area (Å²) in [6, 6.07) is 27.5. The molecule has 0 saturated heterocycles. The van der Waals surface area contributed by atoms with Gasteiger partial charge < -0.3 is 4.57 Å². The minimum Gasteiger partial charge on any atom is -0.328 e. The highest BCUT2D eigenvalue weighted by atomic mass is 16.1. The summed E-state index contributed by atoms with van der Waals surface area (Å²) in [7, 11) is 1.84. The van der Waals surface area contributed by atoms with Gasteiger partial charge in [0, 0.05) is 25.4 Å². The first-order valence-electron chi connectivity index (χ1n) is 10.8. The van der Waals surface area contributed by atoms with Crippen LogP contribution in [0.5, 0.6) is 0 Å². The molecule has 33 heavy (non-hydrogen) atoms. The Morgan fingerprint density at radius 3 is 2.39 bits per heavy atom. The summed E-state index contributed by atoms with van der Waals surface area (Å²) in [6.07, 6.45) is 1.94. The number of rotatable bonds is 4. The Hall–Kier alpha value is -4.32. The highest BCUT2D eigenvalue weighted by Crippen LogP contribution is 2.27. The number of benzene rings is 2. The molecule has 162 valence electrons. The zero-order chi connectivity index (χ0) is 22.8. The monoisotopic (exact) mass is 433 g/mol. The summed E-state index contributed by atoms with van der Waals surface area (Å²) < 4.78 is 3.69. The molecule has 0 aliphatic carbocycles. The Labute approximate surface area is 191 Å². The summed E-state index contributed by atoms with van der Waals surface area (Å²) in [5.74, 6) is -0.316. The van der Waals surface area contributed by atoms with Gasteiger partial charge in [-0.2, -0.15) is 10.1 Å². The van der Waals surface area contributed by atoms with Crippen molar-refractivity contribution in [2.24, 2.45) is 12.0 Å². The molecule has 1 amide bonds. The van der Waals surface area contributed by atoms with Gasteiger partial charge in [-0.3, -0.25) is 9.48 Å². The van der Waals surface area contributed by atoms with Crippen molar-refractivity contribution in [2.45, 2.75) is 13.5 Å². The largest absolute Gasteiger partial charge is 0.328 e. The molecular weight excluding hydrogens is 410 g/mol. The number of pyridine rings is 2. The van der Waals surface area contributed by atoms with Crippen LogP contribution < -0.4 is 5.49 Å². The summed E-state index contributed by atoms with van der Waals surface area (Å²) in [5, 5.41) is 5.24. The lowest BCUT2D eigenvalue weighted by Crippen LogP contribution is -2.22. The fraction of sp³-hybridized carbons (Fsp3) is 0.111. The Morgan fingerprint density at radius 1 is 0.939 bits per heavy atom. The van der Waals surface area contributed by atoms with E-state index in [4.69, 9.17) is 4.98 Å². The van der Waals surface area contributed by atoms with Gasteiger partial charge in [0.1, 0.15) is 5.49 Å². The van der Waals surface area contributed by atoms with Crippen LogP contribution in [0.4, 0.5) is 0 Å². The molecule has 0 unspecified atom stereocenters. The van der Waals surface area contributed by atoms with Gasteiger partial charge in [-0.1, -0.05) is 66.7 Å². The van der Waals surface area contributed by atoms with Gasteiger partial charge in [-0.05, 0) is 30.7 Å². The Morgan fingerprint density at radius 2 is 1.64 bits per heavy atom. The van der Waals surface area contributed by atoms with Crippen molar-refractivity contribution in [3.8, 4) is 11.3 Å². The van der Waals surface area contributed by atoms with Gasteiger partial charge in [0.2, 0.25) is 0 Å². The van der Waals surface area contributed by atoms with Crippen LogP contribution in [0, 0.1) is 6.92 Å². The van der Waals surface area contributed by atoms with Gasteiger partial charge in [0.15, 0.2) is 5.65 Å². The Kier molecular flexibility index (Phi) is 5.40. The maximum absolute atomic E-state index is 13.5. The second-order valence-electron chi connectivity index (χ2n) is 7.92. The smallest absolute Gasteiger partial charge is 0.279 e. The average Bonchev–Trinajstić information content (AvgIpc) is 3.14. The van der Waals surface area contributed by atoms with Gasteiger partial charge in [-0.25, -0.2) is 4.98 Å². The van der Waals surface area contributed by atoms with Crippen LogP contribution in [0.1, 0.15) is 21.6 Å². The van der Waals surface area contributed by atoms with Crippen LogP contribution >= 0.6 is 0 Å². The fourth-order valence-electron chi connectivity index (χ4n) is 4.02. The van der Waals surface area contributed by atoms with E-state index in [1.165, 1.54) is 0 Å². The van der Waals surface area contributed by atoms with E-state index in [-0.39, 0.29) is 5.91 Å². The fourth-order valence-corrected chi connectivity index (χ4v) is 4.02. The molecule has 0 saturated carbocycles. The normalized spacial score (nSPS) is 11.8. The first kappa shape index (κ1) is 20.6. The minimum atomic E-state index is -0.316. The molecule has 5 aromatic rings. The SMILES string of the molecule is Cc1nn(C)c2nc(-c3ccccc3)cc(C(=O)N=c3ccccn3Cc3ccccc3)c12. The summed E-state index contributed by atoms with van der Waals surface area (Å²) >= 11 is 0. The number of amides is 1. The second kappa shape index (κ2) is 8.67. The topological polar surface area (TPSA) is 65.1 Å². The number of aryl methyl sites for hydroxylation is 2. The molecule has 2 aromatic carbocycles. The highest BCUT2D eigenvalue weighted by molar-refractivity contribution is 6.07. The lowest BCUT2D eigenvalue weighted by molar-refractivity contribution is 0.0998. The van der Waals surface area contributed by atoms with Crippen molar-refractivity contribution in [3.63, 3.8) is 0 Å². The van der Waals surface area contributed by atoms with E-state index in [9.17, 15) is 4.79 Å². The highest BCUT2D eigenvalue weighted by Gasteiger charge is 2.19. The van der Waals surface area contributed by atoms with E-state index in [0.29, 0.717) is 23.2 Å². The number of carbonyl (C=O) groups is 1. The first-order chi connectivity index (χ1) is 16.1. The molecule has 3 heterocycles. The molecule has 0 bridgehead atoms. The summed E-state index contributed by atoms with van der Waals surface area (Å²) in [6.45, 7) is 2.52. The predicted molar refractivity (Wildman–Crippen MR) is 129 cm³/mol. The van der Waals surface area contributed by atoms with Crippen molar-refractivity contribution in [2.75, 3.05) is 0 Å². The van der Waals surface area contributed by atoms with E-state index < -0.39 is 0 Å². The lowest BCUT2D eigenvalue weighted by Gasteiger charge is -2.08. The van der Waals surface area contributed by atoms with Gasteiger partial charge >= 0.3 is 0 Å². The molecule has 0 spiro atoms. The standard InChI is InChI=1S/C27H23N5O/c1-19-25-22(17-23(21-13-7-4-8-14-21)28-26(25)31(2)30-19)27(33)29-24-15-9-10-16-32(24)18-20-11-5-3-6-12-20/h3-17H,18H2,1-2H3. The molecule has 0 N–H and O–H groups in total. The lowest BCUT2D eigenvalue weighted by atomic mass is 10.1. The van der Waals surface area contributed by atoms with Crippen LogP contribution in [0.3, 0.4) is 0 Å². The van der Waals surface area contributed by atoms with E-state index in [2.05, 4.69) is 22.2 Å². The third-order valence-electron chi connectivity index (χ3n) is 5.60. The number of carbonyl (C=O) groups excluding carboxylic acids is 1. The van der Waals surface area contributed by atoms with Crippen molar-refractivity contribution in [1.82, 2.24) is 19.3 Å². The van der Waals surface area contributed by atoms with Crippen molar-refractivity contribution in [3.05, 3.63) is 113 Å². The number of nitrogens with zero attached hydrogens (tertiary/aromatic N) is 5. The van der Waals surface area contributed by atoms with Crippen molar-refractivity contribution in [1.29, 1.82) is 0 Å². The third kappa shape index (κ3) is 4.11. The molecule has 0 radical (unpaired) electrons. The summed E-state index contributed by atoms with van der Waals surface area (Å²) in [5.41, 5.74) is 5.30. The number of fused-ring (bicyclic) bond motifs is 1. The van der Waals surface area contributed by atoms with E-state index in [1.54, 1.807) is 4.68 Å². The van der Waals surface area contributed by atoms with Crippen LogP contribution in [0.2, 0.25) is 0 Å². The maximum Gasteiger partial charge on any atom is 0.279 e. The molecule has 3 aromatic heterocycles. The first-order valence-corrected chi connectivity index (χ1v) is 10.8. The minimum absolute atomic E-state index is 0.316. The number of hydrogen-bond donors (Lipinski definition) is 0. The maximum atomic E-state index is 13.5. The van der Waals surface area contributed by atoms with Crippen molar-refractivity contribution >= 4 is 16.9 Å². The molecule has 6 heteroatoms. The third-order valence-corrected chi connectivity index (χ3v) is 5.60. The van der Waals surface area contributed by atoms with E-state index in [1.807, 2.05) is 97.5 Å². The van der Waals surface area contributed by atoms with Crippen LogP contribution in [-0.2, 0) is 13.6 Å². The van der Waals surface area contributed by atoms with Crippen LogP contribution in [-0.4, -0.2) is 25.2 Å². The van der Waals surface area contributed by atoms with E-state index >= 15 is 0 Å². The molecule has 0 fully saturated rings. The van der Waals surface area contributed by atoms with Gasteiger partial charge in [0.05, 0.1) is 22.3 Å². The predicted octanol–water partition coefficient (Wildman–Crippen LogP) is 4.53. The zero-order valence-corrected chi connectivity index (χ0v) is 18.5. The zero-order valence-electron chi connectivity index (χ0n) is 18.5.